The highest BCUT2D eigenvalue weighted by Gasteiger charge is 2.16. The van der Waals surface area contributed by atoms with Crippen LogP contribution in [0.2, 0.25) is 0 Å². The molecular weight excluding hydrogens is 220 g/mol. The molecule has 1 amide bonds. The number of nitrogens with two attached hydrogens (primary N) is 1. The van der Waals surface area contributed by atoms with Gasteiger partial charge in [0.1, 0.15) is 0 Å². The summed E-state index contributed by atoms with van der Waals surface area (Å²) in [5.74, 6) is -0.216. The lowest BCUT2D eigenvalue weighted by molar-refractivity contribution is -0.119. The van der Waals surface area contributed by atoms with Gasteiger partial charge >= 0.3 is 0 Å². The first-order valence-electron chi connectivity index (χ1n) is 5.25. The van der Waals surface area contributed by atoms with Crippen LogP contribution in [-0.4, -0.2) is 18.2 Å². The van der Waals surface area contributed by atoms with Crippen LogP contribution in [0.25, 0.3) is 0 Å². The number of rotatable bonds is 4. The summed E-state index contributed by atoms with van der Waals surface area (Å²) in [6, 6.07) is 7.64. The first-order valence-corrected chi connectivity index (χ1v) is 6.47. The highest BCUT2D eigenvalue weighted by molar-refractivity contribution is 7.98. The minimum atomic E-state index is -0.182. The molecule has 88 valence electrons. The molecule has 1 aromatic carbocycles. The van der Waals surface area contributed by atoms with E-state index >= 15 is 0 Å². The second kappa shape index (κ2) is 5.92. The summed E-state index contributed by atoms with van der Waals surface area (Å²) in [5.41, 5.74) is 6.51. The first-order chi connectivity index (χ1) is 7.54. The Kier molecular flexibility index (Phi) is 4.83. The molecular formula is C12H18N2OS. The first kappa shape index (κ1) is 13.1. The predicted molar refractivity (Wildman–Crippen MR) is 69.7 cm³/mol. The van der Waals surface area contributed by atoms with E-state index in [1.165, 1.54) is 0 Å². The molecule has 0 bridgehead atoms. The third-order valence-corrected chi connectivity index (χ3v) is 3.26. The van der Waals surface area contributed by atoms with E-state index in [0.29, 0.717) is 0 Å². The number of thioether (sulfide) groups is 1. The van der Waals surface area contributed by atoms with Crippen molar-refractivity contribution < 1.29 is 4.79 Å². The molecule has 0 heterocycles. The van der Waals surface area contributed by atoms with Gasteiger partial charge in [-0.05, 0) is 31.4 Å². The Morgan fingerprint density at radius 2 is 2.12 bits per heavy atom. The Morgan fingerprint density at radius 3 is 2.69 bits per heavy atom. The average Bonchev–Trinajstić information content (AvgIpc) is 2.28. The van der Waals surface area contributed by atoms with Gasteiger partial charge < -0.3 is 11.1 Å². The fraction of sp³-hybridized carbons (Fsp3) is 0.417. The van der Waals surface area contributed by atoms with Crippen LogP contribution in [0.15, 0.2) is 29.2 Å². The second-order valence-electron chi connectivity index (χ2n) is 3.87. The number of carbonyl (C=O) groups excluding carboxylic acids is 1. The maximum atomic E-state index is 11.8. The lowest BCUT2D eigenvalue weighted by Crippen LogP contribution is -2.34. The van der Waals surface area contributed by atoms with E-state index in [1.54, 1.807) is 11.8 Å². The summed E-state index contributed by atoms with van der Waals surface area (Å²) < 4.78 is 0. The third kappa shape index (κ3) is 3.54. The molecule has 3 nitrogen and oxygen atoms in total. The van der Waals surface area contributed by atoms with E-state index < -0.39 is 0 Å². The van der Waals surface area contributed by atoms with E-state index in [0.717, 1.165) is 10.6 Å². The number of amides is 1. The lowest BCUT2D eigenvalue weighted by Gasteiger charge is -2.15. The molecule has 1 rings (SSSR count). The number of carbonyl (C=O) groups is 1. The maximum Gasteiger partial charge on any atom is 0.228 e. The van der Waals surface area contributed by atoms with E-state index in [-0.39, 0.29) is 17.9 Å². The zero-order chi connectivity index (χ0) is 12.1. The molecule has 2 unspecified atom stereocenters. The molecule has 3 N–H and O–H groups in total. The van der Waals surface area contributed by atoms with E-state index in [4.69, 9.17) is 5.73 Å². The highest BCUT2D eigenvalue weighted by atomic mass is 32.2. The van der Waals surface area contributed by atoms with Crippen molar-refractivity contribution in [3.63, 3.8) is 0 Å². The van der Waals surface area contributed by atoms with Crippen molar-refractivity contribution in [3.8, 4) is 0 Å². The van der Waals surface area contributed by atoms with Gasteiger partial charge in [-0.25, -0.2) is 0 Å². The van der Waals surface area contributed by atoms with Gasteiger partial charge in [-0.1, -0.05) is 13.0 Å². The third-order valence-electron chi connectivity index (χ3n) is 2.54. The van der Waals surface area contributed by atoms with Crippen LogP contribution in [0, 0.1) is 5.92 Å². The number of hydrogen-bond donors (Lipinski definition) is 2. The Hall–Kier alpha value is -1.00. The molecule has 2 atom stereocenters. The van der Waals surface area contributed by atoms with Crippen molar-refractivity contribution in [3.05, 3.63) is 24.3 Å². The molecule has 0 aliphatic heterocycles. The van der Waals surface area contributed by atoms with E-state index in [1.807, 2.05) is 44.4 Å². The zero-order valence-corrected chi connectivity index (χ0v) is 10.7. The summed E-state index contributed by atoms with van der Waals surface area (Å²) >= 11 is 1.65. The van der Waals surface area contributed by atoms with Crippen LogP contribution in [-0.2, 0) is 4.79 Å². The Bertz CT molecular complexity index is 366. The van der Waals surface area contributed by atoms with Crippen LogP contribution >= 0.6 is 11.8 Å². The largest absolute Gasteiger partial charge is 0.327 e. The molecule has 0 aliphatic rings. The number of hydrogen-bond acceptors (Lipinski definition) is 3. The summed E-state index contributed by atoms with van der Waals surface area (Å²) in [7, 11) is 0. The normalized spacial score (nSPS) is 14.2. The van der Waals surface area contributed by atoms with Gasteiger partial charge in [0, 0.05) is 16.6 Å². The van der Waals surface area contributed by atoms with Crippen LogP contribution in [0.4, 0.5) is 5.69 Å². The quantitative estimate of drug-likeness (QED) is 0.792. The van der Waals surface area contributed by atoms with Gasteiger partial charge in [0.15, 0.2) is 0 Å². The SMILES string of the molecule is CSc1cccc(NC(=O)C(C)C(C)N)c1. The van der Waals surface area contributed by atoms with Gasteiger partial charge in [-0.3, -0.25) is 4.79 Å². The van der Waals surface area contributed by atoms with Crippen molar-refractivity contribution in [1.82, 2.24) is 0 Å². The molecule has 0 aliphatic carbocycles. The Balaban J connectivity index is 2.69. The molecule has 0 saturated carbocycles. The lowest BCUT2D eigenvalue weighted by atomic mass is 10.0. The summed E-state index contributed by atoms with van der Waals surface area (Å²) in [6.45, 7) is 3.67. The smallest absolute Gasteiger partial charge is 0.228 e. The average molecular weight is 238 g/mol. The minimum Gasteiger partial charge on any atom is -0.327 e. The number of anilines is 1. The van der Waals surface area contributed by atoms with Gasteiger partial charge in [-0.2, -0.15) is 0 Å². The maximum absolute atomic E-state index is 11.8. The summed E-state index contributed by atoms with van der Waals surface area (Å²) in [6.07, 6.45) is 2.01. The minimum absolute atomic E-state index is 0.0340. The molecule has 0 radical (unpaired) electrons. The van der Waals surface area contributed by atoms with Gasteiger partial charge in [0.2, 0.25) is 5.91 Å². The summed E-state index contributed by atoms with van der Waals surface area (Å²) in [4.78, 5) is 12.9. The fourth-order valence-corrected chi connectivity index (χ4v) is 1.66. The topological polar surface area (TPSA) is 55.1 Å². The van der Waals surface area contributed by atoms with Gasteiger partial charge in [-0.15, -0.1) is 11.8 Å². The van der Waals surface area contributed by atoms with Gasteiger partial charge in [0.05, 0.1) is 5.92 Å². The number of nitrogens with one attached hydrogen (secondary N) is 1. The van der Waals surface area contributed by atoms with Crippen LogP contribution in [0.3, 0.4) is 0 Å². The molecule has 1 aromatic rings. The monoisotopic (exact) mass is 238 g/mol. The van der Waals surface area contributed by atoms with Crippen molar-refractivity contribution >= 4 is 23.4 Å². The van der Waals surface area contributed by atoms with Crippen LogP contribution in [0.1, 0.15) is 13.8 Å². The van der Waals surface area contributed by atoms with Crippen molar-refractivity contribution in [2.75, 3.05) is 11.6 Å². The van der Waals surface area contributed by atoms with E-state index in [2.05, 4.69) is 5.32 Å². The standard InChI is InChI=1S/C12H18N2OS/c1-8(9(2)13)12(15)14-10-5-4-6-11(7-10)16-3/h4-9H,13H2,1-3H3,(H,14,15). The van der Waals surface area contributed by atoms with Crippen LogP contribution < -0.4 is 11.1 Å². The zero-order valence-electron chi connectivity index (χ0n) is 9.86. The molecule has 0 aromatic heterocycles. The highest BCUT2D eigenvalue weighted by Crippen LogP contribution is 2.19. The molecule has 0 saturated heterocycles. The molecule has 0 fully saturated rings. The van der Waals surface area contributed by atoms with Crippen molar-refractivity contribution in [2.24, 2.45) is 11.7 Å². The predicted octanol–water partition coefficient (Wildman–Crippen LogP) is 2.33. The molecule has 4 heteroatoms. The van der Waals surface area contributed by atoms with Crippen molar-refractivity contribution in [1.29, 1.82) is 0 Å². The molecule has 0 spiro atoms. The number of benzene rings is 1. The van der Waals surface area contributed by atoms with E-state index in [9.17, 15) is 4.79 Å². The Morgan fingerprint density at radius 1 is 1.44 bits per heavy atom. The molecule has 16 heavy (non-hydrogen) atoms. The fourth-order valence-electron chi connectivity index (χ4n) is 1.20. The second-order valence-corrected chi connectivity index (χ2v) is 4.75. The van der Waals surface area contributed by atoms with Crippen LogP contribution in [0.5, 0.6) is 0 Å². The summed E-state index contributed by atoms with van der Waals surface area (Å²) in [5, 5.41) is 2.87. The van der Waals surface area contributed by atoms with Gasteiger partial charge in [0.25, 0.3) is 0 Å². The van der Waals surface area contributed by atoms with Crippen molar-refractivity contribution in [2.45, 2.75) is 24.8 Å². The Labute approximate surface area is 101 Å².